The van der Waals surface area contributed by atoms with Crippen LogP contribution in [0.4, 0.5) is 8.78 Å². The van der Waals surface area contributed by atoms with Gasteiger partial charge < -0.3 is 24.5 Å². The van der Waals surface area contributed by atoms with Crippen molar-refractivity contribution in [2.45, 2.75) is 44.8 Å². The second-order valence-electron chi connectivity index (χ2n) is 11.3. The van der Waals surface area contributed by atoms with Gasteiger partial charge in [-0.15, -0.1) is 0 Å². The van der Waals surface area contributed by atoms with Gasteiger partial charge in [-0.25, -0.2) is 8.78 Å². The maximum absolute atomic E-state index is 16.9. The topological polar surface area (TPSA) is 89.8 Å². The molecule has 218 valence electrons. The van der Waals surface area contributed by atoms with E-state index in [1.54, 1.807) is 18.2 Å². The van der Waals surface area contributed by atoms with Gasteiger partial charge >= 0.3 is 0 Å². The molecule has 0 aliphatic heterocycles. The molecule has 3 aliphatic rings. The van der Waals surface area contributed by atoms with Crippen LogP contribution in [0.15, 0.2) is 46.9 Å². The Morgan fingerprint density at radius 2 is 1.81 bits per heavy atom. The van der Waals surface area contributed by atoms with Crippen molar-refractivity contribution in [3.8, 4) is 28.2 Å². The number of hydrogen-bond acceptors (Lipinski definition) is 5. The van der Waals surface area contributed by atoms with E-state index in [-0.39, 0.29) is 45.9 Å². The first kappa shape index (κ1) is 27.9. The number of hydrogen-bond donors (Lipinski definition) is 2. The minimum absolute atomic E-state index is 0.00849. The summed E-state index contributed by atoms with van der Waals surface area (Å²) in [6.45, 7) is 1.85. The third kappa shape index (κ3) is 4.52. The molecule has 0 spiro atoms. The molecule has 3 aromatic carbocycles. The summed E-state index contributed by atoms with van der Waals surface area (Å²) in [6.07, 6.45) is 4.01. The van der Waals surface area contributed by atoms with Crippen LogP contribution >= 0.6 is 0 Å². The zero-order valence-corrected chi connectivity index (χ0v) is 24.0. The number of furan rings is 1. The molecule has 2 N–H and O–H groups in total. The lowest BCUT2D eigenvalue weighted by Gasteiger charge is -2.39. The predicted octanol–water partition coefficient (Wildman–Crippen LogP) is 6.54. The van der Waals surface area contributed by atoms with Crippen LogP contribution in [-0.4, -0.2) is 38.6 Å². The Hall–Kier alpha value is -4.24. The number of carbonyl (C=O) groups excluding carboxylic acids is 2. The van der Waals surface area contributed by atoms with E-state index in [9.17, 15) is 14.0 Å². The molecule has 0 radical (unpaired) electrons. The lowest BCUT2D eigenvalue weighted by atomic mass is 9.77. The Balaban J connectivity index is 1.56. The highest BCUT2D eigenvalue weighted by molar-refractivity contribution is 6.12. The minimum Gasteiger partial charge on any atom is -0.496 e. The van der Waals surface area contributed by atoms with E-state index in [0.29, 0.717) is 39.5 Å². The summed E-state index contributed by atoms with van der Waals surface area (Å²) in [5, 5.41) is 5.77. The molecule has 9 heteroatoms. The molecule has 3 saturated carbocycles. The number of nitrogens with one attached hydrogen (secondary N) is 2. The summed E-state index contributed by atoms with van der Waals surface area (Å²) in [4.78, 5) is 26.7. The van der Waals surface area contributed by atoms with E-state index in [1.165, 1.54) is 45.5 Å². The van der Waals surface area contributed by atoms with Crippen molar-refractivity contribution in [2.24, 2.45) is 5.92 Å². The molecule has 1 aromatic heterocycles. The van der Waals surface area contributed by atoms with Crippen molar-refractivity contribution < 1.29 is 32.3 Å². The molecular weight excluding hydrogens is 542 g/mol. The average Bonchev–Trinajstić information content (AvgIpc) is 3.66. The van der Waals surface area contributed by atoms with Crippen LogP contribution in [0, 0.1) is 24.5 Å². The second-order valence-corrected chi connectivity index (χ2v) is 11.3. The van der Waals surface area contributed by atoms with Gasteiger partial charge in [-0.1, -0.05) is 0 Å². The standard InChI is InChI=1S/C33H32F2N2O5/c1-17-11-24(41-4)23(31(38)37-33-10-9-18(14-33)15-33)13-22(17)26-20(16-40-3)12-25-27(29(26)35)28(32(39)36-2)30(42-25)19-5-7-21(34)8-6-19/h5-8,11-13,18H,9-10,14-16H2,1-4H3,(H,36,39)(H,37,38). The van der Waals surface area contributed by atoms with E-state index in [2.05, 4.69) is 10.6 Å². The highest BCUT2D eigenvalue weighted by Gasteiger charge is 2.51. The van der Waals surface area contributed by atoms with Gasteiger partial charge in [0.25, 0.3) is 11.8 Å². The highest BCUT2D eigenvalue weighted by Crippen LogP contribution is 2.52. The van der Waals surface area contributed by atoms with Crippen LogP contribution in [0.25, 0.3) is 33.4 Å². The number of amides is 2. The van der Waals surface area contributed by atoms with Crippen LogP contribution in [0.1, 0.15) is 57.5 Å². The minimum atomic E-state index is -0.689. The molecule has 4 aromatic rings. The fourth-order valence-electron chi connectivity index (χ4n) is 6.68. The Bertz CT molecular complexity index is 1720. The smallest absolute Gasteiger partial charge is 0.255 e. The molecule has 0 atom stereocenters. The van der Waals surface area contributed by atoms with Crippen LogP contribution in [-0.2, 0) is 11.3 Å². The van der Waals surface area contributed by atoms with Crippen molar-refractivity contribution in [3.05, 3.63) is 76.4 Å². The molecule has 0 saturated heterocycles. The maximum atomic E-state index is 16.9. The molecule has 42 heavy (non-hydrogen) atoms. The predicted molar refractivity (Wildman–Crippen MR) is 155 cm³/mol. The Morgan fingerprint density at radius 3 is 2.43 bits per heavy atom. The van der Waals surface area contributed by atoms with E-state index in [1.807, 2.05) is 6.92 Å². The number of carbonyl (C=O) groups is 2. The van der Waals surface area contributed by atoms with Gasteiger partial charge in [-0.3, -0.25) is 9.59 Å². The molecule has 3 aliphatic carbocycles. The molecule has 7 nitrogen and oxygen atoms in total. The Morgan fingerprint density at radius 1 is 1.07 bits per heavy atom. The number of ether oxygens (including phenoxy) is 2. The molecule has 0 unspecified atom stereocenters. The zero-order chi connectivity index (χ0) is 29.8. The summed E-state index contributed by atoms with van der Waals surface area (Å²) >= 11 is 0. The van der Waals surface area contributed by atoms with Crippen molar-refractivity contribution >= 4 is 22.8 Å². The van der Waals surface area contributed by atoms with E-state index in [0.717, 1.165) is 25.7 Å². The summed E-state index contributed by atoms with van der Waals surface area (Å²) in [5.74, 6) is -0.790. The zero-order valence-electron chi connectivity index (χ0n) is 24.0. The second kappa shape index (κ2) is 10.5. The fraction of sp³-hybridized carbons (Fsp3) is 0.333. The molecule has 1 heterocycles. The van der Waals surface area contributed by atoms with Crippen LogP contribution in [0.3, 0.4) is 0 Å². The first-order chi connectivity index (χ1) is 20.2. The molecular formula is C33H32F2N2O5. The Labute approximate surface area is 242 Å². The first-order valence-corrected chi connectivity index (χ1v) is 13.9. The third-order valence-corrected chi connectivity index (χ3v) is 8.69. The Kier molecular flexibility index (Phi) is 7.01. The lowest BCUT2D eigenvalue weighted by Crippen LogP contribution is -2.51. The fourth-order valence-corrected chi connectivity index (χ4v) is 6.68. The summed E-state index contributed by atoms with van der Waals surface area (Å²) in [6, 6.07) is 10.5. The lowest BCUT2D eigenvalue weighted by molar-refractivity contribution is 0.0837. The molecule has 3 fully saturated rings. The summed E-state index contributed by atoms with van der Waals surface area (Å²) < 4.78 is 47.6. The van der Waals surface area contributed by atoms with Gasteiger partial charge in [0.15, 0.2) is 0 Å². The first-order valence-electron chi connectivity index (χ1n) is 13.9. The van der Waals surface area contributed by atoms with Crippen molar-refractivity contribution in [1.82, 2.24) is 10.6 Å². The number of aryl methyl sites for hydroxylation is 1. The number of rotatable bonds is 8. The van der Waals surface area contributed by atoms with Gasteiger partial charge in [-0.2, -0.15) is 0 Å². The van der Waals surface area contributed by atoms with Crippen LogP contribution < -0.4 is 15.4 Å². The van der Waals surface area contributed by atoms with Crippen molar-refractivity contribution in [1.29, 1.82) is 0 Å². The number of halogens is 2. The number of benzene rings is 3. The van der Waals surface area contributed by atoms with Gasteiger partial charge in [0, 0.05) is 30.8 Å². The normalized spacial score (nSPS) is 19.0. The highest BCUT2D eigenvalue weighted by atomic mass is 19.1. The number of methoxy groups -OCH3 is 2. The quantitative estimate of drug-likeness (QED) is 0.249. The van der Waals surface area contributed by atoms with Crippen molar-refractivity contribution in [3.63, 3.8) is 0 Å². The number of fused-ring (bicyclic) bond motifs is 2. The third-order valence-electron chi connectivity index (χ3n) is 8.69. The summed E-state index contributed by atoms with van der Waals surface area (Å²) in [5.41, 5.74) is 2.48. The van der Waals surface area contributed by atoms with E-state index >= 15 is 4.39 Å². The van der Waals surface area contributed by atoms with Gasteiger partial charge in [0.2, 0.25) is 0 Å². The van der Waals surface area contributed by atoms with E-state index in [4.69, 9.17) is 13.9 Å². The van der Waals surface area contributed by atoms with Crippen LogP contribution in [0.5, 0.6) is 5.75 Å². The van der Waals surface area contributed by atoms with Gasteiger partial charge in [0.05, 0.1) is 30.2 Å². The SMILES string of the molecule is CNC(=O)c1c(-c2ccc(F)cc2)oc2cc(COC)c(-c3cc(C(=O)NC45CCC(C4)C5)c(OC)cc3C)c(F)c12. The molecule has 2 amide bonds. The summed E-state index contributed by atoms with van der Waals surface area (Å²) in [7, 11) is 4.44. The average molecular weight is 575 g/mol. The van der Waals surface area contributed by atoms with E-state index < -0.39 is 17.5 Å². The van der Waals surface area contributed by atoms with Gasteiger partial charge in [0.1, 0.15) is 28.7 Å². The molecule has 7 rings (SSSR count). The van der Waals surface area contributed by atoms with Crippen LogP contribution in [0.2, 0.25) is 0 Å². The molecule has 2 bridgehead atoms. The van der Waals surface area contributed by atoms with Crippen molar-refractivity contribution in [2.75, 3.05) is 21.3 Å². The van der Waals surface area contributed by atoms with Gasteiger partial charge in [-0.05, 0) is 97.7 Å². The largest absolute Gasteiger partial charge is 0.496 e. The maximum Gasteiger partial charge on any atom is 0.255 e. The monoisotopic (exact) mass is 574 g/mol.